The number of hydrogen-bond donors (Lipinski definition) is 1. The van der Waals surface area contributed by atoms with Crippen LogP contribution in [0.2, 0.25) is 0 Å². The van der Waals surface area contributed by atoms with Gasteiger partial charge in [-0.1, -0.05) is 12.1 Å². The molecule has 110 valence electrons. The van der Waals surface area contributed by atoms with Crippen LogP contribution in [0.4, 0.5) is 0 Å². The molecular formula is C16H17NO4. The Morgan fingerprint density at radius 3 is 2.52 bits per heavy atom. The van der Waals surface area contributed by atoms with E-state index in [0.717, 1.165) is 5.56 Å². The van der Waals surface area contributed by atoms with Crippen LogP contribution in [0.15, 0.2) is 41.2 Å². The third kappa shape index (κ3) is 2.81. The van der Waals surface area contributed by atoms with Crippen LogP contribution in [-0.2, 0) is 6.54 Å². The number of aromatic nitrogens is 1. The molecule has 0 radical (unpaired) electrons. The number of nitrogens with zero attached hydrogens (tertiary/aromatic N) is 1. The molecule has 0 saturated carbocycles. The standard InChI is InChI=1S/C16H17NO4/c1-3-17-13(10-9-12(15(17)18)16(19)20)11-7-5-6-8-14(11)21-4-2/h5-10H,3-4H2,1-2H3,(H,19,20). The lowest BCUT2D eigenvalue weighted by Crippen LogP contribution is -2.26. The fourth-order valence-electron chi connectivity index (χ4n) is 2.25. The van der Waals surface area contributed by atoms with Crippen LogP contribution in [0, 0.1) is 0 Å². The molecule has 21 heavy (non-hydrogen) atoms. The Morgan fingerprint density at radius 1 is 1.19 bits per heavy atom. The minimum absolute atomic E-state index is 0.227. The molecule has 0 fully saturated rings. The Balaban J connectivity index is 2.68. The lowest BCUT2D eigenvalue weighted by molar-refractivity contribution is 0.0694. The van der Waals surface area contributed by atoms with Gasteiger partial charge in [0.25, 0.3) is 5.56 Å². The molecule has 0 aliphatic heterocycles. The average molecular weight is 287 g/mol. The summed E-state index contributed by atoms with van der Waals surface area (Å²) >= 11 is 0. The number of carbonyl (C=O) groups is 1. The fourth-order valence-corrected chi connectivity index (χ4v) is 2.25. The molecule has 1 aromatic carbocycles. The van der Waals surface area contributed by atoms with Crippen molar-refractivity contribution in [1.82, 2.24) is 4.57 Å². The van der Waals surface area contributed by atoms with Crippen molar-refractivity contribution in [3.05, 3.63) is 52.3 Å². The van der Waals surface area contributed by atoms with Crippen molar-refractivity contribution < 1.29 is 14.6 Å². The van der Waals surface area contributed by atoms with Gasteiger partial charge in [0.05, 0.1) is 12.3 Å². The molecule has 1 aromatic heterocycles. The van der Waals surface area contributed by atoms with Crippen molar-refractivity contribution in [2.45, 2.75) is 20.4 Å². The van der Waals surface area contributed by atoms with E-state index in [1.807, 2.05) is 31.2 Å². The van der Waals surface area contributed by atoms with Gasteiger partial charge in [0.2, 0.25) is 0 Å². The summed E-state index contributed by atoms with van der Waals surface area (Å²) < 4.78 is 7.02. The van der Waals surface area contributed by atoms with Gasteiger partial charge < -0.3 is 14.4 Å². The van der Waals surface area contributed by atoms with Crippen molar-refractivity contribution in [2.24, 2.45) is 0 Å². The average Bonchev–Trinajstić information content (AvgIpc) is 2.47. The van der Waals surface area contributed by atoms with E-state index in [4.69, 9.17) is 9.84 Å². The Morgan fingerprint density at radius 2 is 1.90 bits per heavy atom. The van der Waals surface area contributed by atoms with Crippen molar-refractivity contribution in [1.29, 1.82) is 0 Å². The highest BCUT2D eigenvalue weighted by molar-refractivity contribution is 5.87. The molecule has 0 amide bonds. The SMILES string of the molecule is CCOc1ccccc1-c1ccc(C(=O)O)c(=O)n1CC. The molecular weight excluding hydrogens is 270 g/mol. The first-order valence-corrected chi connectivity index (χ1v) is 6.79. The lowest BCUT2D eigenvalue weighted by atomic mass is 10.1. The van der Waals surface area contributed by atoms with E-state index < -0.39 is 11.5 Å². The third-order valence-corrected chi connectivity index (χ3v) is 3.18. The minimum atomic E-state index is -1.22. The van der Waals surface area contributed by atoms with Gasteiger partial charge in [-0.25, -0.2) is 4.79 Å². The second-order valence-corrected chi connectivity index (χ2v) is 4.42. The number of carboxylic acid groups (broad SMARTS) is 1. The van der Waals surface area contributed by atoms with Crippen molar-refractivity contribution >= 4 is 5.97 Å². The van der Waals surface area contributed by atoms with Gasteiger partial charge in [-0.2, -0.15) is 0 Å². The zero-order valence-electron chi connectivity index (χ0n) is 12.0. The maximum Gasteiger partial charge on any atom is 0.341 e. The van der Waals surface area contributed by atoms with Crippen LogP contribution in [0.1, 0.15) is 24.2 Å². The van der Waals surface area contributed by atoms with Crippen molar-refractivity contribution in [3.63, 3.8) is 0 Å². The van der Waals surface area contributed by atoms with Crippen LogP contribution in [0.3, 0.4) is 0 Å². The normalized spacial score (nSPS) is 10.4. The summed E-state index contributed by atoms with van der Waals surface area (Å²) in [5.74, 6) is -0.545. The summed E-state index contributed by atoms with van der Waals surface area (Å²) in [6.45, 7) is 4.59. The van der Waals surface area contributed by atoms with Gasteiger partial charge in [0.15, 0.2) is 0 Å². The molecule has 1 heterocycles. The van der Waals surface area contributed by atoms with Gasteiger partial charge in [-0.15, -0.1) is 0 Å². The monoisotopic (exact) mass is 287 g/mol. The van der Waals surface area contributed by atoms with Gasteiger partial charge in [0.1, 0.15) is 11.3 Å². The van der Waals surface area contributed by atoms with Crippen LogP contribution in [0.25, 0.3) is 11.3 Å². The van der Waals surface area contributed by atoms with Gasteiger partial charge in [0, 0.05) is 12.1 Å². The highest BCUT2D eigenvalue weighted by Crippen LogP contribution is 2.29. The molecule has 2 aromatic rings. The van der Waals surface area contributed by atoms with E-state index in [2.05, 4.69) is 0 Å². The van der Waals surface area contributed by atoms with E-state index in [1.165, 1.54) is 10.6 Å². The van der Waals surface area contributed by atoms with Crippen LogP contribution < -0.4 is 10.3 Å². The second-order valence-electron chi connectivity index (χ2n) is 4.42. The van der Waals surface area contributed by atoms with Gasteiger partial charge in [-0.05, 0) is 38.1 Å². The highest BCUT2D eigenvalue weighted by Gasteiger charge is 2.16. The highest BCUT2D eigenvalue weighted by atomic mass is 16.5. The van der Waals surface area contributed by atoms with Crippen LogP contribution in [-0.4, -0.2) is 22.2 Å². The molecule has 0 saturated heterocycles. The Labute approximate surface area is 122 Å². The summed E-state index contributed by atoms with van der Waals surface area (Å²) in [5, 5.41) is 9.05. The van der Waals surface area contributed by atoms with Crippen LogP contribution in [0.5, 0.6) is 5.75 Å². The van der Waals surface area contributed by atoms with E-state index in [-0.39, 0.29) is 5.56 Å². The zero-order chi connectivity index (χ0) is 15.4. The summed E-state index contributed by atoms with van der Waals surface area (Å²) in [6.07, 6.45) is 0. The molecule has 0 bridgehead atoms. The summed E-state index contributed by atoms with van der Waals surface area (Å²) in [5.41, 5.74) is 0.690. The number of ether oxygens (including phenoxy) is 1. The Kier molecular flexibility index (Phi) is 4.42. The number of hydrogen-bond acceptors (Lipinski definition) is 3. The third-order valence-electron chi connectivity index (χ3n) is 3.18. The summed E-state index contributed by atoms with van der Waals surface area (Å²) in [7, 11) is 0. The molecule has 0 unspecified atom stereocenters. The predicted molar refractivity (Wildman–Crippen MR) is 79.9 cm³/mol. The maximum absolute atomic E-state index is 12.2. The van der Waals surface area contributed by atoms with E-state index in [1.54, 1.807) is 13.0 Å². The maximum atomic E-state index is 12.2. The first kappa shape index (κ1) is 14.8. The summed E-state index contributed by atoms with van der Waals surface area (Å²) in [6, 6.07) is 10.4. The quantitative estimate of drug-likeness (QED) is 0.918. The zero-order valence-corrected chi connectivity index (χ0v) is 12.0. The van der Waals surface area contributed by atoms with Gasteiger partial charge >= 0.3 is 5.97 Å². The number of para-hydroxylation sites is 1. The first-order valence-electron chi connectivity index (χ1n) is 6.79. The topological polar surface area (TPSA) is 68.5 Å². The van der Waals surface area contributed by atoms with Gasteiger partial charge in [-0.3, -0.25) is 4.79 Å². The molecule has 1 N–H and O–H groups in total. The molecule has 2 rings (SSSR count). The molecule has 0 aliphatic carbocycles. The molecule has 5 heteroatoms. The smallest absolute Gasteiger partial charge is 0.341 e. The Hall–Kier alpha value is -2.56. The number of carboxylic acids is 1. The van der Waals surface area contributed by atoms with E-state index >= 15 is 0 Å². The fraction of sp³-hybridized carbons (Fsp3) is 0.250. The lowest BCUT2D eigenvalue weighted by Gasteiger charge is -2.15. The Bertz CT molecular complexity index is 718. The second kappa shape index (κ2) is 6.26. The van der Waals surface area contributed by atoms with Crippen molar-refractivity contribution in [3.8, 4) is 17.0 Å². The first-order chi connectivity index (χ1) is 10.1. The number of rotatable bonds is 5. The number of aromatic carboxylic acids is 1. The van der Waals surface area contributed by atoms with E-state index in [0.29, 0.717) is 24.6 Å². The molecule has 0 atom stereocenters. The molecule has 5 nitrogen and oxygen atoms in total. The van der Waals surface area contributed by atoms with Crippen LogP contribution >= 0.6 is 0 Å². The number of pyridine rings is 1. The minimum Gasteiger partial charge on any atom is -0.493 e. The number of benzene rings is 1. The van der Waals surface area contributed by atoms with E-state index in [9.17, 15) is 9.59 Å². The predicted octanol–water partition coefficient (Wildman–Crippen LogP) is 2.63. The molecule has 0 aliphatic rings. The van der Waals surface area contributed by atoms with Crippen molar-refractivity contribution in [2.75, 3.05) is 6.61 Å². The largest absolute Gasteiger partial charge is 0.493 e. The molecule has 0 spiro atoms. The summed E-state index contributed by atoms with van der Waals surface area (Å²) in [4.78, 5) is 23.3.